The zero-order chi connectivity index (χ0) is 12.4. The molecule has 17 heavy (non-hydrogen) atoms. The maximum atomic E-state index is 10.8. The van der Waals surface area contributed by atoms with Crippen LogP contribution in [0.5, 0.6) is 11.5 Å². The Hall–Kier alpha value is -1.40. The second-order valence-electron chi connectivity index (χ2n) is 3.71. The largest absolute Gasteiger partial charge is 0.486 e. The molecule has 0 amide bonds. The van der Waals surface area contributed by atoms with Crippen molar-refractivity contribution in [1.29, 1.82) is 0 Å². The van der Waals surface area contributed by atoms with Gasteiger partial charge in [-0.2, -0.15) is 12.6 Å². The van der Waals surface area contributed by atoms with Crippen LogP contribution < -0.4 is 15.2 Å². The summed E-state index contributed by atoms with van der Waals surface area (Å²) in [6, 6.07) is 4.14. The Bertz CT molecular complexity index is 437. The average Bonchev–Trinajstić information content (AvgIpc) is 2.36. The van der Waals surface area contributed by atoms with E-state index in [0.29, 0.717) is 30.3 Å². The Kier molecular flexibility index (Phi) is 3.44. The molecule has 0 radical (unpaired) electrons. The fourth-order valence-corrected chi connectivity index (χ4v) is 1.87. The van der Waals surface area contributed by atoms with Gasteiger partial charge in [0.15, 0.2) is 11.5 Å². The van der Waals surface area contributed by atoms with Crippen LogP contribution in [-0.4, -0.2) is 30.3 Å². The highest BCUT2D eigenvalue weighted by molar-refractivity contribution is 7.80. The second kappa shape index (κ2) is 4.85. The molecule has 6 heteroatoms. The number of fused-ring (bicyclic) bond motifs is 1. The molecule has 2 rings (SSSR count). The van der Waals surface area contributed by atoms with Crippen LogP contribution in [0.2, 0.25) is 0 Å². The zero-order valence-electron chi connectivity index (χ0n) is 9.00. The van der Waals surface area contributed by atoms with Crippen molar-refractivity contribution in [2.24, 2.45) is 5.73 Å². The van der Waals surface area contributed by atoms with Crippen molar-refractivity contribution >= 4 is 18.6 Å². The van der Waals surface area contributed by atoms with Gasteiger partial charge in [0.2, 0.25) is 0 Å². The van der Waals surface area contributed by atoms with Gasteiger partial charge >= 0.3 is 5.97 Å². The summed E-state index contributed by atoms with van der Waals surface area (Å²) in [4.78, 5) is 10.8. The number of carboxylic acids is 1. The third-order valence-corrected chi connectivity index (χ3v) is 3.15. The molecule has 1 aromatic rings. The van der Waals surface area contributed by atoms with Gasteiger partial charge in [-0.25, -0.2) is 0 Å². The number of ether oxygens (including phenoxy) is 2. The number of thiol groups is 1. The third kappa shape index (κ3) is 2.48. The van der Waals surface area contributed by atoms with Gasteiger partial charge < -0.3 is 20.3 Å². The Morgan fingerprint density at radius 2 is 2.00 bits per heavy atom. The first-order valence-corrected chi connectivity index (χ1v) is 5.67. The van der Waals surface area contributed by atoms with Gasteiger partial charge in [-0.05, 0) is 17.7 Å². The lowest BCUT2D eigenvalue weighted by Gasteiger charge is -2.21. The highest BCUT2D eigenvalue weighted by Gasteiger charge is 2.24. The van der Waals surface area contributed by atoms with Crippen LogP contribution in [0.15, 0.2) is 18.2 Å². The van der Waals surface area contributed by atoms with Crippen LogP contribution in [-0.2, 0) is 4.79 Å². The molecule has 0 aromatic heterocycles. The molecule has 0 saturated heterocycles. The number of carbonyl (C=O) groups is 1. The molecule has 0 saturated carbocycles. The fourth-order valence-electron chi connectivity index (χ4n) is 1.59. The van der Waals surface area contributed by atoms with E-state index in [1.54, 1.807) is 18.2 Å². The van der Waals surface area contributed by atoms with Crippen LogP contribution in [0.1, 0.15) is 10.8 Å². The first-order chi connectivity index (χ1) is 8.09. The smallest absolute Gasteiger partial charge is 0.321 e. The van der Waals surface area contributed by atoms with Gasteiger partial charge in [-0.15, -0.1) is 0 Å². The highest BCUT2D eigenvalue weighted by Crippen LogP contribution is 2.34. The quantitative estimate of drug-likeness (QED) is 0.697. The molecule has 0 fully saturated rings. The fraction of sp³-hybridized carbons (Fsp3) is 0.364. The van der Waals surface area contributed by atoms with Crippen LogP contribution >= 0.6 is 12.6 Å². The van der Waals surface area contributed by atoms with E-state index in [1.807, 2.05) is 0 Å². The van der Waals surface area contributed by atoms with Crippen LogP contribution in [0.3, 0.4) is 0 Å². The Morgan fingerprint density at radius 3 is 2.65 bits per heavy atom. The molecule has 1 aliphatic heterocycles. The number of hydrogen-bond donors (Lipinski definition) is 3. The summed E-state index contributed by atoms with van der Waals surface area (Å²) in [6.45, 7) is 1.00. The summed E-state index contributed by atoms with van der Waals surface area (Å²) in [5.74, 6) is 0.176. The van der Waals surface area contributed by atoms with Gasteiger partial charge in [0.1, 0.15) is 19.3 Å². The summed E-state index contributed by atoms with van der Waals surface area (Å²) >= 11 is 4.22. The molecule has 0 spiro atoms. The maximum Gasteiger partial charge on any atom is 0.321 e. The van der Waals surface area contributed by atoms with Crippen molar-refractivity contribution in [3.63, 3.8) is 0 Å². The molecule has 1 heterocycles. The van der Waals surface area contributed by atoms with Gasteiger partial charge in [-0.1, -0.05) is 6.07 Å². The van der Waals surface area contributed by atoms with Crippen molar-refractivity contribution in [2.45, 2.75) is 11.3 Å². The van der Waals surface area contributed by atoms with E-state index in [1.165, 1.54) is 0 Å². The van der Waals surface area contributed by atoms with E-state index in [9.17, 15) is 4.79 Å². The highest BCUT2D eigenvalue weighted by atomic mass is 32.1. The standard InChI is InChI=1S/C11H13NO4S/c12-9(11(13)14)10(17)6-1-2-7-8(5-6)16-4-3-15-7/h1-2,5,9-10,17H,3-4,12H2,(H,13,14). The predicted molar refractivity (Wildman–Crippen MR) is 64.8 cm³/mol. The van der Waals surface area contributed by atoms with Crippen LogP contribution in [0, 0.1) is 0 Å². The summed E-state index contributed by atoms with van der Waals surface area (Å²) in [7, 11) is 0. The lowest BCUT2D eigenvalue weighted by molar-refractivity contribution is -0.138. The minimum Gasteiger partial charge on any atom is -0.486 e. The minimum absolute atomic E-state index is 0.485. The molecule has 5 nitrogen and oxygen atoms in total. The van der Waals surface area contributed by atoms with Crippen molar-refractivity contribution in [1.82, 2.24) is 0 Å². The van der Waals surface area contributed by atoms with Crippen LogP contribution in [0.4, 0.5) is 0 Å². The normalized spacial score (nSPS) is 17.3. The lowest BCUT2D eigenvalue weighted by Crippen LogP contribution is -2.34. The number of nitrogens with two attached hydrogens (primary N) is 1. The molecule has 3 N–H and O–H groups in total. The molecule has 2 unspecified atom stereocenters. The summed E-state index contributed by atoms with van der Waals surface area (Å²) in [5.41, 5.74) is 6.22. The van der Waals surface area contributed by atoms with E-state index in [4.69, 9.17) is 20.3 Å². The Balaban J connectivity index is 2.24. The number of carboxylic acid groups (broad SMARTS) is 1. The molecule has 1 aromatic carbocycles. The van der Waals surface area contributed by atoms with Gasteiger partial charge in [0.25, 0.3) is 0 Å². The van der Waals surface area contributed by atoms with E-state index in [2.05, 4.69) is 12.6 Å². The number of hydrogen-bond acceptors (Lipinski definition) is 5. The molecular weight excluding hydrogens is 242 g/mol. The van der Waals surface area contributed by atoms with E-state index >= 15 is 0 Å². The van der Waals surface area contributed by atoms with Crippen molar-refractivity contribution in [2.75, 3.05) is 13.2 Å². The maximum absolute atomic E-state index is 10.8. The van der Waals surface area contributed by atoms with Crippen LogP contribution in [0.25, 0.3) is 0 Å². The minimum atomic E-state index is -1.08. The van der Waals surface area contributed by atoms with E-state index < -0.39 is 17.3 Å². The summed E-state index contributed by atoms with van der Waals surface area (Å²) in [6.07, 6.45) is 0. The second-order valence-corrected chi connectivity index (χ2v) is 4.27. The predicted octanol–water partition coefficient (Wildman–Crippen LogP) is 0.841. The zero-order valence-corrected chi connectivity index (χ0v) is 9.89. The molecule has 2 atom stereocenters. The van der Waals surface area contributed by atoms with Gasteiger partial charge in [0.05, 0.1) is 5.25 Å². The number of aliphatic carboxylic acids is 1. The van der Waals surface area contributed by atoms with E-state index in [0.717, 1.165) is 0 Å². The SMILES string of the molecule is NC(C(=O)O)C(S)c1ccc2c(c1)OCCO2. The van der Waals surface area contributed by atoms with Gasteiger partial charge in [-0.3, -0.25) is 4.79 Å². The average molecular weight is 255 g/mol. The molecule has 1 aliphatic rings. The van der Waals surface area contributed by atoms with Crippen molar-refractivity contribution < 1.29 is 19.4 Å². The Morgan fingerprint density at radius 1 is 1.35 bits per heavy atom. The number of rotatable bonds is 3. The topological polar surface area (TPSA) is 81.8 Å². The Labute approximate surface area is 104 Å². The van der Waals surface area contributed by atoms with E-state index in [-0.39, 0.29) is 0 Å². The van der Waals surface area contributed by atoms with Gasteiger partial charge in [0, 0.05) is 0 Å². The monoisotopic (exact) mass is 255 g/mol. The number of benzene rings is 1. The molecule has 92 valence electrons. The first kappa shape index (κ1) is 12.1. The summed E-state index contributed by atoms with van der Waals surface area (Å²) < 4.78 is 10.8. The summed E-state index contributed by atoms with van der Waals surface area (Å²) in [5, 5.41) is 8.24. The third-order valence-electron chi connectivity index (χ3n) is 2.53. The lowest BCUT2D eigenvalue weighted by atomic mass is 10.1. The van der Waals surface area contributed by atoms with Crippen molar-refractivity contribution in [3.8, 4) is 11.5 Å². The first-order valence-electron chi connectivity index (χ1n) is 5.15. The van der Waals surface area contributed by atoms with Crippen molar-refractivity contribution in [3.05, 3.63) is 23.8 Å². The molecule has 0 bridgehead atoms. The molecular formula is C11H13NO4S. The molecule has 0 aliphatic carbocycles.